The number of nitrogens with zero attached hydrogens (tertiary/aromatic N) is 4. The van der Waals surface area contributed by atoms with Crippen LogP contribution in [0.1, 0.15) is 78.4 Å². The topological polar surface area (TPSA) is 195 Å². The molecule has 17 heteroatoms. The molecule has 16 nitrogen and oxygen atoms in total. The number of aliphatic hydroxyl groups excluding tert-OH is 1. The summed E-state index contributed by atoms with van der Waals surface area (Å²) in [6, 6.07) is 12.4. The molecule has 326 valence electrons. The van der Waals surface area contributed by atoms with Crippen LogP contribution in [0.25, 0.3) is 0 Å². The van der Waals surface area contributed by atoms with Crippen molar-refractivity contribution in [3.63, 3.8) is 0 Å². The Hall–Kier alpha value is -5.26. The van der Waals surface area contributed by atoms with Crippen LogP contribution < -0.4 is 26.2 Å². The predicted molar refractivity (Wildman–Crippen MR) is 230 cm³/mol. The van der Waals surface area contributed by atoms with Crippen molar-refractivity contribution < 1.29 is 38.6 Å². The zero-order valence-corrected chi connectivity index (χ0v) is 36.6. The number of aromatic nitrogens is 1. The lowest BCUT2D eigenvalue weighted by atomic mass is 9.85. The van der Waals surface area contributed by atoms with Gasteiger partial charge in [0, 0.05) is 49.1 Å². The van der Waals surface area contributed by atoms with Crippen LogP contribution in [-0.2, 0) is 36.9 Å². The SMILES string of the molecule is COC(=O)N[C@H](C(=O)N1CCC[C@H]1C(=O)Nc1ccc(CN(Cc2ccc(NC(=O)[C@@H]3CCCN3C(O)[C@@H](NC(=O)OC)C(C)(C)C)cc2)c2nccs2)cc1)C(C)(C)C. The fraction of sp³-hybridized carbons (Fsp3) is 0.535. The molecule has 1 unspecified atom stereocenters. The second-order valence-electron chi connectivity index (χ2n) is 17.5. The summed E-state index contributed by atoms with van der Waals surface area (Å²) in [4.78, 5) is 74.8. The number of rotatable bonds is 14. The fourth-order valence-corrected chi connectivity index (χ4v) is 8.28. The maximum absolute atomic E-state index is 13.6. The number of aliphatic hydroxyl groups is 1. The lowest BCUT2D eigenvalue weighted by Gasteiger charge is -2.40. The molecule has 1 aromatic heterocycles. The van der Waals surface area contributed by atoms with E-state index in [-0.39, 0.29) is 17.7 Å². The highest BCUT2D eigenvalue weighted by molar-refractivity contribution is 7.13. The van der Waals surface area contributed by atoms with Crippen LogP contribution in [0.5, 0.6) is 0 Å². The number of carbonyl (C=O) groups excluding carboxylic acids is 5. The zero-order valence-electron chi connectivity index (χ0n) is 35.8. The first kappa shape index (κ1) is 45.8. The zero-order chi connectivity index (χ0) is 43.8. The molecule has 5 atom stereocenters. The first-order valence-corrected chi connectivity index (χ1v) is 21.1. The Morgan fingerprint density at radius 2 is 1.30 bits per heavy atom. The second kappa shape index (κ2) is 19.9. The molecule has 0 radical (unpaired) electrons. The van der Waals surface area contributed by atoms with Crippen molar-refractivity contribution >= 4 is 57.8 Å². The highest BCUT2D eigenvalue weighted by atomic mass is 32.1. The number of thiazole rings is 1. The molecular weight excluding hydrogens is 789 g/mol. The van der Waals surface area contributed by atoms with Crippen LogP contribution in [0.15, 0.2) is 60.1 Å². The standard InChI is InChI=1S/C43H60N8O8S/c1-42(2,3)33(47-40(56)58-7)37(54)50-22-9-11-31(50)35(52)45-29-17-13-27(14-18-29)25-49(39-44-21-24-60-39)26-28-15-19-30(20-16-28)46-36(53)32-12-10-23-51(32)38(55)34(43(4,5)6)48-41(57)59-8/h13-21,24,31-34,37,54H,9-12,22-23,25-26H2,1-8H3,(H,45,52)(H,46,53)(H,47,56)(H,48,57)/t31-,32-,33+,34+,37?/m0/s1. The molecule has 2 fully saturated rings. The number of carbonyl (C=O) groups is 5. The molecule has 2 aliphatic heterocycles. The first-order valence-electron chi connectivity index (χ1n) is 20.3. The van der Waals surface area contributed by atoms with Crippen molar-refractivity contribution in [2.24, 2.45) is 10.8 Å². The summed E-state index contributed by atoms with van der Waals surface area (Å²) >= 11 is 1.52. The minimum absolute atomic E-state index is 0.231. The van der Waals surface area contributed by atoms with E-state index in [1.165, 1.54) is 25.6 Å². The molecule has 5 rings (SSSR count). The smallest absolute Gasteiger partial charge is 0.407 e. The monoisotopic (exact) mass is 848 g/mol. The average Bonchev–Trinajstić information content (AvgIpc) is 4.02. The summed E-state index contributed by atoms with van der Waals surface area (Å²) in [6.45, 7) is 13.3. The van der Waals surface area contributed by atoms with E-state index in [1.807, 2.05) is 95.5 Å². The van der Waals surface area contributed by atoms with E-state index < -0.39 is 53.4 Å². The van der Waals surface area contributed by atoms with Crippen LogP contribution in [-0.4, -0.2) is 108 Å². The van der Waals surface area contributed by atoms with Gasteiger partial charge in [0.2, 0.25) is 17.7 Å². The summed E-state index contributed by atoms with van der Waals surface area (Å²) in [5.41, 5.74) is 2.10. The van der Waals surface area contributed by atoms with Crippen molar-refractivity contribution in [1.82, 2.24) is 25.4 Å². The van der Waals surface area contributed by atoms with Crippen LogP contribution in [0.4, 0.5) is 26.1 Å². The van der Waals surface area contributed by atoms with E-state index in [0.29, 0.717) is 56.8 Å². The van der Waals surface area contributed by atoms with Gasteiger partial charge in [-0.2, -0.15) is 0 Å². The summed E-state index contributed by atoms with van der Waals surface area (Å²) < 4.78 is 9.54. The van der Waals surface area contributed by atoms with Crippen LogP contribution in [0.3, 0.4) is 0 Å². The maximum atomic E-state index is 13.6. The number of amides is 5. The first-order chi connectivity index (χ1) is 28.4. The molecule has 2 saturated heterocycles. The van der Waals surface area contributed by atoms with Gasteiger partial charge in [0.1, 0.15) is 18.3 Å². The summed E-state index contributed by atoms with van der Waals surface area (Å²) in [5, 5.41) is 25.5. The van der Waals surface area contributed by atoms with Gasteiger partial charge in [-0.05, 0) is 71.9 Å². The van der Waals surface area contributed by atoms with Gasteiger partial charge in [-0.25, -0.2) is 14.6 Å². The molecule has 5 amide bonds. The fourth-order valence-electron chi connectivity index (χ4n) is 7.64. The van der Waals surface area contributed by atoms with Gasteiger partial charge in [-0.15, -0.1) is 11.3 Å². The Kier molecular flexibility index (Phi) is 15.2. The Balaban J connectivity index is 1.19. The van der Waals surface area contributed by atoms with Gasteiger partial charge in [-0.3, -0.25) is 19.3 Å². The van der Waals surface area contributed by atoms with E-state index in [1.54, 1.807) is 16.0 Å². The van der Waals surface area contributed by atoms with Gasteiger partial charge < -0.3 is 45.6 Å². The molecule has 2 aromatic carbocycles. The number of methoxy groups -OCH3 is 2. The molecule has 0 spiro atoms. The third-order valence-electron chi connectivity index (χ3n) is 10.9. The average molecular weight is 849 g/mol. The normalized spacial score (nSPS) is 18.5. The number of benzene rings is 2. The lowest BCUT2D eigenvalue weighted by molar-refractivity contribution is -0.140. The van der Waals surface area contributed by atoms with Gasteiger partial charge >= 0.3 is 12.2 Å². The van der Waals surface area contributed by atoms with Gasteiger partial charge in [-0.1, -0.05) is 65.8 Å². The molecule has 0 bridgehead atoms. The van der Waals surface area contributed by atoms with Crippen molar-refractivity contribution in [3.05, 3.63) is 71.2 Å². The van der Waals surface area contributed by atoms with Gasteiger partial charge in [0.05, 0.1) is 26.3 Å². The summed E-state index contributed by atoms with van der Waals surface area (Å²) in [7, 11) is 2.52. The molecular formula is C43H60N8O8S. The summed E-state index contributed by atoms with van der Waals surface area (Å²) in [6.07, 6.45) is 1.80. The van der Waals surface area contributed by atoms with Crippen molar-refractivity contribution in [2.45, 2.75) is 111 Å². The molecule has 0 saturated carbocycles. The highest BCUT2D eigenvalue weighted by Gasteiger charge is 2.44. The molecule has 3 aromatic rings. The third-order valence-corrected chi connectivity index (χ3v) is 11.7. The van der Waals surface area contributed by atoms with Crippen LogP contribution >= 0.6 is 11.3 Å². The maximum Gasteiger partial charge on any atom is 0.407 e. The van der Waals surface area contributed by atoms with Gasteiger partial charge in [0.15, 0.2) is 5.13 Å². The van der Waals surface area contributed by atoms with Crippen molar-refractivity contribution in [2.75, 3.05) is 42.8 Å². The van der Waals surface area contributed by atoms with Gasteiger partial charge in [0.25, 0.3) is 0 Å². The molecule has 3 heterocycles. The number of likely N-dealkylation sites (tertiary alicyclic amines) is 2. The van der Waals surface area contributed by atoms with E-state index >= 15 is 0 Å². The van der Waals surface area contributed by atoms with E-state index in [9.17, 15) is 29.1 Å². The number of hydrogen-bond donors (Lipinski definition) is 5. The van der Waals surface area contributed by atoms with Crippen molar-refractivity contribution in [3.8, 4) is 0 Å². The largest absolute Gasteiger partial charge is 0.453 e. The molecule has 2 aliphatic rings. The number of nitrogens with one attached hydrogen (secondary N) is 4. The Bertz CT molecular complexity index is 1930. The lowest BCUT2D eigenvalue weighted by Crippen LogP contribution is -2.59. The Morgan fingerprint density at radius 3 is 1.80 bits per heavy atom. The van der Waals surface area contributed by atoms with Crippen molar-refractivity contribution in [1.29, 1.82) is 0 Å². The van der Waals surface area contributed by atoms with E-state index in [2.05, 4.69) is 31.2 Å². The molecule has 60 heavy (non-hydrogen) atoms. The number of anilines is 3. The van der Waals surface area contributed by atoms with Crippen LogP contribution in [0.2, 0.25) is 0 Å². The molecule has 0 aliphatic carbocycles. The number of ether oxygens (including phenoxy) is 2. The van der Waals surface area contributed by atoms with Crippen LogP contribution in [0, 0.1) is 10.8 Å². The Labute approximate surface area is 356 Å². The quantitative estimate of drug-likeness (QED) is 0.137. The number of hydrogen-bond acceptors (Lipinski definition) is 12. The van der Waals surface area contributed by atoms with E-state index in [0.717, 1.165) is 22.7 Å². The predicted octanol–water partition coefficient (Wildman–Crippen LogP) is 5.54. The summed E-state index contributed by atoms with van der Waals surface area (Å²) in [5.74, 6) is -0.842. The van der Waals surface area contributed by atoms with E-state index in [4.69, 9.17) is 9.47 Å². The number of alkyl carbamates (subject to hydrolysis) is 2. The minimum atomic E-state index is -1.09. The Morgan fingerprint density at radius 1 is 0.783 bits per heavy atom. The minimum Gasteiger partial charge on any atom is -0.453 e. The third kappa shape index (κ3) is 11.7. The molecule has 5 N–H and O–H groups in total. The highest BCUT2D eigenvalue weighted by Crippen LogP contribution is 2.31. The second-order valence-corrected chi connectivity index (χ2v) is 18.3.